The Hall–Kier alpha value is -1.95. The van der Waals surface area contributed by atoms with Crippen molar-refractivity contribution in [1.29, 1.82) is 0 Å². The average Bonchev–Trinajstić information content (AvgIpc) is 2.87. The van der Waals surface area contributed by atoms with Crippen LogP contribution in [-0.4, -0.2) is 32.4 Å². The molecule has 1 aromatic rings. The van der Waals surface area contributed by atoms with Gasteiger partial charge in [-0.1, -0.05) is 33.6 Å². The zero-order valence-electron chi connectivity index (χ0n) is 13.1. The molecule has 0 N–H and O–H groups in total. The van der Waals surface area contributed by atoms with E-state index in [2.05, 4.69) is 15.9 Å². The molecule has 1 aliphatic rings. The highest BCUT2D eigenvalue weighted by Crippen LogP contribution is 2.53. The van der Waals surface area contributed by atoms with Gasteiger partial charge >= 0.3 is 11.9 Å². The predicted molar refractivity (Wildman–Crippen MR) is 86.7 cm³/mol. The Morgan fingerprint density at radius 3 is 2.13 bits per heavy atom. The van der Waals surface area contributed by atoms with Crippen LogP contribution in [0.3, 0.4) is 0 Å². The first kappa shape index (κ1) is 17.4. The van der Waals surface area contributed by atoms with Gasteiger partial charge in [0.05, 0.1) is 14.2 Å². The van der Waals surface area contributed by atoms with Gasteiger partial charge in [0.15, 0.2) is 5.41 Å². The van der Waals surface area contributed by atoms with Crippen LogP contribution in [0.15, 0.2) is 39.9 Å². The van der Waals surface area contributed by atoms with E-state index in [1.807, 2.05) is 0 Å². The lowest BCUT2D eigenvalue weighted by Gasteiger charge is -2.31. The lowest BCUT2D eigenvalue weighted by atomic mass is 9.71. The molecule has 0 saturated heterocycles. The number of hydrogen-bond acceptors (Lipinski definition) is 5. The molecule has 122 valence electrons. The molecule has 0 radical (unpaired) electrons. The number of allylic oxidation sites excluding steroid dienone is 2. The van der Waals surface area contributed by atoms with Gasteiger partial charge in [-0.2, -0.15) is 0 Å². The van der Waals surface area contributed by atoms with Crippen molar-refractivity contribution in [1.82, 2.24) is 0 Å². The fraction of sp³-hybridized carbons (Fsp3) is 0.353. The fourth-order valence-electron chi connectivity index (χ4n) is 3.25. The quantitative estimate of drug-likeness (QED) is 0.456. The molecule has 0 saturated carbocycles. The second-order valence-electron chi connectivity index (χ2n) is 5.47. The van der Waals surface area contributed by atoms with Gasteiger partial charge in [-0.15, -0.1) is 0 Å². The highest BCUT2D eigenvalue weighted by Gasteiger charge is 2.59. The highest BCUT2D eigenvalue weighted by molar-refractivity contribution is 9.10. The number of halogens is 1. The Labute approximate surface area is 142 Å². The molecule has 0 fully saturated rings. The van der Waals surface area contributed by atoms with E-state index in [0.29, 0.717) is 23.0 Å². The summed E-state index contributed by atoms with van der Waals surface area (Å²) in [5, 5.41) is 0. The third-order valence-electron chi connectivity index (χ3n) is 4.27. The Balaban J connectivity index is 2.70. The topological polar surface area (TPSA) is 69.7 Å². The maximum atomic E-state index is 12.5. The third-order valence-corrected chi connectivity index (χ3v) is 4.80. The molecule has 23 heavy (non-hydrogen) atoms. The zero-order chi connectivity index (χ0) is 17.2. The first-order chi connectivity index (χ1) is 10.9. The number of methoxy groups -OCH3 is 2. The van der Waals surface area contributed by atoms with Gasteiger partial charge in [-0.25, -0.2) is 0 Å². The summed E-state index contributed by atoms with van der Waals surface area (Å²) in [5.74, 6) is -2.13. The molecule has 1 aromatic carbocycles. The molecule has 1 aliphatic carbocycles. The molecule has 0 amide bonds. The largest absolute Gasteiger partial charge is 0.468 e. The molecular formula is C17H17BrO5. The lowest BCUT2D eigenvalue weighted by molar-refractivity contribution is -0.169. The SMILES string of the molecule is COC(=O)C1(C(=O)OC)CC(C)=C(C=O)[C@H]1c1ccc(Br)cc1. The van der Waals surface area contributed by atoms with Crippen molar-refractivity contribution in [2.45, 2.75) is 19.3 Å². The van der Waals surface area contributed by atoms with E-state index >= 15 is 0 Å². The molecule has 0 aliphatic heterocycles. The summed E-state index contributed by atoms with van der Waals surface area (Å²) in [6, 6.07) is 7.14. The smallest absolute Gasteiger partial charge is 0.324 e. The minimum atomic E-state index is -1.57. The van der Waals surface area contributed by atoms with Gasteiger partial charge in [-0.05, 0) is 31.0 Å². The summed E-state index contributed by atoms with van der Waals surface area (Å²) >= 11 is 3.35. The Morgan fingerprint density at radius 1 is 1.17 bits per heavy atom. The van der Waals surface area contributed by atoms with Gasteiger partial charge in [0.1, 0.15) is 6.29 Å². The van der Waals surface area contributed by atoms with Crippen molar-refractivity contribution >= 4 is 34.2 Å². The van der Waals surface area contributed by atoms with E-state index in [4.69, 9.17) is 9.47 Å². The summed E-state index contributed by atoms with van der Waals surface area (Å²) in [7, 11) is 2.44. The summed E-state index contributed by atoms with van der Waals surface area (Å²) < 4.78 is 10.6. The molecule has 2 rings (SSSR count). The average molecular weight is 381 g/mol. The molecule has 0 unspecified atom stereocenters. The maximum absolute atomic E-state index is 12.5. The van der Waals surface area contributed by atoms with E-state index in [-0.39, 0.29) is 6.42 Å². The van der Waals surface area contributed by atoms with Crippen molar-refractivity contribution in [3.8, 4) is 0 Å². The Bertz CT molecular complexity index is 659. The van der Waals surface area contributed by atoms with Crippen LogP contribution in [-0.2, 0) is 23.9 Å². The van der Waals surface area contributed by atoms with Gasteiger partial charge < -0.3 is 9.47 Å². The van der Waals surface area contributed by atoms with Crippen LogP contribution >= 0.6 is 15.9 Å². The molecule has 6 heteroatoms. The highest BCUT2D eigenvalue weighted by atomic mass is 79.9. The van der Waals surface area contributed by atoms with E-state index < -0.39 is 23.3 Å². The predicted octanol–water partition coefficient (Wildman–Crippen LogP) is 2.78. The minimum Gasteiger partial charge on any atom is -0.468 e. The zero-order valence-corrected chi connectivity index (χ0v) is 14.7. The number of esters is 2. The van der Waals surface area contributed by atoms with Crippen molar-refractivity contribution in [3.63, 3.8) is 0 Å². The number of aldehydes is 1. The molecular weight excluding hydrogens is 364 g/mol. The molecule has 0 bridgehead atoms. The molecule has 5 nitrogen and oxygen atoms in total. The van der Waals surface area contributed by atoms with Crippen LogP contribution in [0, 0.1) is 5.41 Å². The fourth-order valence-corrected chi connectivity index (χ4v) is 3.51. The molecule has 0 spiro atoms. The van der Waals surface area contributed by atoms with Crippen LogP contribution in [0.1, 0.15) is 24.8 Å². The number of rotatable bonds is 4. The van der Waals surface area contributed by atoms with E-state index in [1.54, 1.807) is 31.2 Å². The summed E-state index contributed by atoms with van der Waals surface area (Å²) in [4.78, 5) is 36.6. The first-order valence-electron chi connectivity index (χ1n) is 6.99. The number of hydrogen-bond donors (Lipinski definition) is 0. The maximum Gasteiger partial charge on any atom is 0.324 e. The number of ether oxygens (including phenoxy) is 2. The van der Waals surface area contributed by atoms with E-state index in [0.717, 1.165) is 4.47 Å². The standard InChI is InChI=1S/C17H17BrO5/c1-10-8-17(15(20)22-2,16(21)23-3)14(13(10)9-19)11-4-6-12(18)7-5-11/h4-7,9,14H,8H2,1-3H3/t14-/m1/s1. The van der Waals surface area contributed by atoms with E-state index in [9.17, 15) is 14.4 Å². The van der Waals surface area contributed by atoms with Gasteiger partial charge in [0.25, 0.3) is 0 Å². The second-order valence-corrected chi connectivity index (χ2v) is 6.39. The summed E-state index contributed by atoms with van der Waals surface area (Å²) in [5.41, 5.74) is 0.215. The normalized spacial score (nSPS) is 19.4. The van der Waals surface area contributed by atoms with Gasteiger partial charge in [0, 0.05) is 16.0 Å². The molecule has 0 heterocycles. The van der Waals surface area contributed by atoms with Crippen LogP contribution in [0.2, 0.25) is 0 Å². The Morgan fingerprint density at radius 2 is 1.70 bits per heavy atom. The second kappa shape index (κ2) is 6.66. The van der Waals surface area contributed by atoms with E-state index in [1.165, 1.54) is 14.2 Å². The van der Waals surface area contributed by atoms with Crippen molar-refractivity contribution in [3.05, 3.63) is 45.4 Å². The summed E-state index contributed by atoms with van der Waals surface area (Å²) in [6.07, 6.45) is 0.802. The number of carbonyl (C=O) groups excluding carboxylic acids is 3. The Kier molecular flexibility index (Phi) is 5.04. The molecule has 0 aromatic heterocycles. The lowest BCUT2D eigenvalue weighted by Crippen LogP contribution is -2.44. The van der Waals surface area contributed by atoms with Crippen LogP contribution in [0.5, 0.6) is 0 Å². The minimum absolute atomic E-state index is 0.0984. The van der Waals surface area contributed by atoms with Crippen molar-refractivity contribution in [2.75, 3.05) is 14.2 Å². The monoisotopic (exact) mass is 380 g/mol. The van der Waals surface area contributed by atoms with Crippen LogP contribution in [0.25, 0.3) is 0 Å². The van der Waals surface area contributed by atoms with Crippen molar-refractivity contribution in [2.24, 2.45) is 5.41 Å². The first-order valence-corrected chi connectivity index (χ1v) is 7.78. The number of benzene rings is 1. The van der Waals surface area contributed by atoms with Crippen LogP contribution in [0.4, 0.5) is 0 Å². The van der Waals surface area contributed by atoms with Crippen molar-refractivity contribution < 1.29 is 23.9 Å². The van der Waals surface area contributed by atoms with Gasteiger partial charge in [0.2, 0.25) is 0 Å². The number of carbonyl (C=O) groups is 3. The van der Waals surface area contributed by atoms with Crippen LogP contribution < -0.4 is 0 Å². The van der Waals surface area contributed by atoms with Gasteiger partial charge in [-0.3, -0.25) is 14.4 Å². The molecule has 1 atom stereocenters. The third kappa shape index (κ3) is 2.72. The summed E-state index contributed by atoms with van der Waals surface area (Å²) in [6.45, 7) is 1.74.